The molecule has 0 aliphatic carbocycles. The van der Waals surface area contributed by atoms with E-state index in [-0.39, 0.29) is 12.6 Å². The number of hydrogen-bond donors (Lipinski definition) is 2. The Morgan fingerprint density at radius 1 is 1.54 bits per heavy atom. The number of aliphatic hydroxyl groups excluding tert-OH is 1. The number of rotatable bonds is 2. The molecule has 1 unspecified atom stereocenters. The summed E-state index contributed by atoms with van der Waals surface area (Å²) in [5.74, 6) is 0. The van der Waals surface area contributed by atoms with Crippen molar-refractivity contribution in [1.82, 2.24) is 5.32 Å². The fourth-order valence-electron chi connectivity index (χ4n) is 2.07. The van der Waals surface area contributed by atoms with E-state index in [0.29, 0.717) is 0 Å². The van der Waals surface area contributed by atoms with Crippen molar-refractivity contribution in [3.8, 4) is 0 Å². The highest BCUT2D eigenvalue weighted by atomic mass is 16.3. The lowest BCUT2D eigenvalue weighted by molar-refractivity contribution is 0.251. The monoisotopic (exact) mass is 177 g/mol. The second-order valence-corrected chi connectivity index (χ2v) is 3.46. The van der Waals surface area contributed by atoms with E-state index in [2.05, 4.69) is 30.4 Å². The zero-order valence-electron chi connectivity index (χ0n) is 7.88. The van der Waals surface area contributed by atoms with Gasteiger partial charge >= 0.3 is 0 Å². The van der Waals surface area contributed by atoms with E-state index in [4.69, 9.17) is 0 Å². The van der Waals surface area contributed by atoms with Crippen LogP contribution in [0.5, 0.6) is 0 Å². The second-order valence-electron chi connectivity index (χ2n) is 3.46. The van der Waals surface area contributed by atoms with Crippen LogP contribution in [0.1, 0.15) is 29.7 Å². The van der Waals surface area contributed by atoms with Gasteiger partial charge < -0.3 is 10.4 Å². The molecule has 0 spiro atoms. The van der Waals surface area contributed by atoms with Crippen LogP contribution in [-0.2, 0) is 13.0 Å². The Kier molecular flexibility index (Phi) is 2.34. The lowest BCUT2D eigenvalue weighted by Crippen LogP contribution is -2.16. The highest BCUT2D eigenvalue weighted by Crippen LogP contribution is 2.28. The van der Waals surface area contributed by atoms with E-state index in [9.17, 15) is 5.11 Å². The minimum absolute atomic E-state index is 0.158. The fourth-order valence-corrected chi connectivity index (χ4v) is 2.07. The number of fused-ring (bicyclic) bond motifs is 1. The first-order valence-electron chi connectivity index (χ1n) is 4.81. The highest BCUT2D eigenvalue weighted by Gasteiger charge is 2.22. The van der Waals surface area contributed by atoms with Gasteiger partial charge in [0, 0.05) is 6.54 Å². The molecule has 0 aromatic heterocycles. The summed E-state index contributed by atoms with van der Waals surface area (Å²) in [6.07, 6.45) is 1.04. The third-order valence-electron chi connectivity index (χ3n) is 2.74. The molecule has 1 aliphatic rings. The standard InChI is InChI=1S/C11H15NO/c1-2-8-4-3-5-9-6-12-10(7-13)11(8)9/h3-5,10,12-13H,2,6-7H2,1H3. The maximum atomic E-state index is 9.17. The lowest BCUT2D eigenvalue weighted by Gasteiger charge is -2.12. The second kappa shape index (κ2) is 3.48. The summed E-state index contributed by atoms with van der Waals surface area (Å²) in [7, 11) is 0. The van der Waals surface area contributed by atoms with Gasteiger partial charge in [-0.15, -0.1) is 0 Å². The van der Waals surface area contributed by atoms with Crippen molar-refractivity contribution in [2.75, 3.05) is 6.61 Å². The summed E-state index contributed by atoms with van der Waals surface area (Å²) in [6, 6.07) is 6.54. The van der Waals surface area contributed by atoms with Gasteiger partial charge in [-0.05, 0) is 23.1 Å². The van der Waals surface area contributed by atoms with E-state index in [0.717, 1.165) is 13.0 Å². The maximum absolute atomic E-state index is 9.17. The maximum Gasteiger partial charge on any atom is 0.0626 e. The number of benzene rings is 1. The van der Waals surface area contributed by atoms with Crippen LogP contribution in [-0.4, -0.2) is 11.7 Å². The van der Waals surface area contributed by atoms with Crippen molar-refractivity contribution < 1.29 is 5.11 Å². The Hall–Kier alpha value is -0.860. The average Bonchev–Trinajstić information content (AvgIpc) is 2.60. The first-order chi connectivity index (χ1) is 6.36. The molecule has 2 nitrogen and oxygen atoms in total. The molecule has 1 atom stereocenters. The predicted octanol–water partition coefficient (Wildman–Crippen LogP) is 1.39. The van der Waals surface area contributed by atoms with Gasteiger partial charge in [-0.2, -0.15) is 0 Å². The number of hydrogen-bond acceptors (Lipinski definition) is 2. The molecule has 0 bridgehead atoms. The van der Waals surface area contributed by atoms with E-state index in [1.54, 1.807) is 0 Å². The summed E-state index contributed by atoms with van der Waals surface area (Å²) in [6.45, 7) is 3.25. The molecule has 0 radical (unpaired) electrons. The van der Waals surface area contributed by atoms with Crippen LogP contribution in [0.3, 0.4) is 0 Å². The quantitative estimate of drug-likeness (QED) is 0.715. The zero-order valence-corrected chi connectivity index (χ0v) is 7.88. The summed E-state index contributed by atoms with van der Waals surface area (Å²) in [5, 5.41) is 12.5. The summed E-state index contributed by atoms with van der Waals surface area (Å²) in [4.78, 5) is 0. The topological polar surface area (TPSA) is 32.3 Å². The predicted molar refractivity (Wildman–Crippen MR) is 52.5 cm³/mol. The Balaban J connectivity index is 2.46. The minimum atomic E-state index is 0.158. The van der Waals surface area contributed by atoms with Gasteiger partial charge in [-0.25, -0.2) is 0 Å². The fraction of sp³-hybridized carbons (Fsp3) is 0.455. The molecular weight excluding hydrogens is 162 g/mol. The zero-order chi connectivity index (χ0) is 9.26. The van der Waals surface area contributed by atoms with Crippen molar-refractivity contribution in [2.45, 2.75) is 25.9 Å². The molecule has 0 fully saturated rings. The van der Waals surface area contributed by atoms with E-state index >= 15 is 0 Å². The summed E-state index contributed by atoms with van der Waals surface area (Å²) >= 11 is 0. The molecule has 70 valence electrons. The van der Waals surface area contributed by atoms with Crippen molar-refractivity contribution in [2.24, 2.45) is 0 Å². The normalized spacial score (nSPS) is 20.3. The summed E-state index contributed by atoms with van der Waals surface area (Å²) < 4.78 is 0. The van der Waals surface area contributed by atoms with Crippen molar-refractivity contribution >= 4 is 0 Å². The number of nitrogens with one attached hydrogen (secondary N) is 1. The first-order valence-corrected chi connectivity index (χ1v) is 4.81. The van der Waals surface area contributed by atoms with Crippen LogP contribution < -0.4 is 5.32 Å². The van der Waals surface area contributed by atoms with Gasteiger partial charge in [0.15, 0.2) is 0 Å². The van der Waals surface area contributed by atoms with Gasteiger partial charge in [0.25, 0.3) is 0 Å². The van der Waals surface area contributed by atoms with Crippen LogP contribution >= 0.6 is 0 Å². The van der Waals surface area contributed by atoms with Crippen molar-refractivity contribution in [3.05, 3.63) is 34.9 Å². The first kappa shape index (κ1) is 8.73. The number of aryl methyl sites for hydroxylation is 1. The molecule has 2 rings (SSSR count). The minimum Gasteiger partial charge on any atom is -0.394 e. The molecule has 1 heterocycles. The van der Waals surface area contributed by atoms with Crippen LogP contribution in [0.25, 0.3) is 0 Å². The highest BCUT2D eigenvalue weighted by molar-refractivity contribution is 5.40. The third kappa shape index (κ3) is 1.36. The molecule has 1 aromatic carbocycles. The van der Waals surface area contributed by atoms with E-state index in [1.165, 1.54) is 16.7 Å². The Labute approximate surface area is 78.6 Å². The van der Waals surface area contributed by atoms with Gasteiger partial charge in [-0.1, -0.05) is 25.1 Å². The molecule has 1 aromatic rings. The Morgan fingerprint density at radius 2 is 2.38 bits per heavy atom. The van der Waals surface area contributed by atoms with Crippen LogP contribution in [0, 0.1) is 0 Å². The van der Waals surface area contributed by atoms with Crippen molar-refractivity contribution in [1.29, 1.82) is 0 Å². The number of aliphatic hydroxyl groups is 1. The third-order valence-corrected chi connectivity index (χ3v) is 2.74. The average molecular weight is 177 g/mol. The summed E-state index contributed by atoms with van der Waals surface area (Å²) in [5.41, 5.74) is 4.03. The lowest BCUT2D eigenvalue weighted by atomic mass is 9.97. The van der Waals surface area contributed by atoms with E-state index < -0.39 is 0 Å². The largest absolute Gasteiger partial charge is 0.394 e. The molecule has 0 saturated carbocycles. The smallest absolute Gasteiger partial charge is 0.0626 e. The Morgan fingerprint density at radius 3 is 3.08 bits per heavy atom. The van der Waals surface area contributed by atoms with Gasteiger partial charge in [-0.3, -0.25) is 0 Å². The molecule has 2 N–H and O–H groups in total. The van der Waals surface area contributed by atoms with Crippen LogP contribution in [0.15, 0.2) is 18.2 Å². The van der Waals surface area contributed by atoms with E-state index in [1.807, 2.05) is 0 Å². The molecule has 13 heavy (non-hydrogen) atoms. The molecule has 1 aliphatic heterocycles. The molecule has 0 amide bonds. The van der Waals surface area contributed by atoms with Gasteiger partial charge in [0.1, 0.15) is 0 Å². The molecule has 0 saturated heterocycles. The van der Waals surface area contributed by atoms with Crippen molar-refractivity contribution in [3.63, 3.8) is 0 Å². The molecule has 2 heteroatoms. The van der Waals surface area contributed by atoms with Gasteiger partial charge in [0.2, 0.25) is 0 Å². The Bertz CT molecular complexity index is 309. The SMILES string of the molecule is CCc1cccc2c1C(CO)NC2. The molecular formula is C11H15NO. The van der Waals surface area contributed by atoms with Gasteiger partial charge in [0.05, 0.1) is 12.6 Å². The van der Waals surface area contributed by atoms with Crippen LogP contribution in [0.2, 0.25) is 0 Å². The van der Waals surface area contributed by atoms with Crippen LogP contribution in [0.4, 0.5) is 0 Å².